The number of anilines is 2. The molecule has 5 nitrogen and oxygen atoms in total. The van der Waals surface area contributed by atoms with Crippen molar-refractivity contribution in [2.45, 2.75) is 18.7 Å². The summed E-state index contributed by atoms with van der Waals surface area (Å²) in [6.45, 7) is 3.32. The summed E-state index contributed by atoms with van der Waals surface area (Å²) in [6, 6.07) is 10.9. The molecular formula is C18H20N2O3S. The summed E-state index contributed by atoms with van der Waals surface area (Å²) in [7, 11) is 1.52. The average molecular weight is 344 g/mol. The summed E-state index contributed by atoms with van der Waals surface area (Å²) in [5.41, 5.74) is 2.62. The number of rotatable bonds is 5. The van der Waals surface area contributed by atoms with Crippen LogP contribution in [0, 0.1) is 6.92 Å². The predicted molar refractivity (Wildman–Crippen MR) is 98.2 cm³/mol. The molecule has 24 heavy (non-hydrogen) atoms. The third-order valence-corrected chi connectivity index (χ3v) is 4.18. The van der Waals surface area contributed by atoms with Crippen molar-refractivity contribution in [1.29, 1.82) is 0 Å². The number of amides is 2. The Morgan fingerprint density at radius 3 is 2.46 bits per heavy atom. The van der Waals surface area contributed by atoms with E-state index in [4.69, 9.17) is 4.74 Å². The summed E-state index contributed by atoms with van der Waals surface area (Å²) >= 11 is 1.59. The van der Waals surface area contributed by atoms with Gasteiger partial charge < -0.3 is 15.4 Å². The third-order valence-electron chi connectivity index (χ3n) is 3.46. The van der Waals surface area contributed by atoms with Crippen molar-refractivity contribution in [1.82, 2.24) is 0 Å². The minimum atomic E-state index is -0.208. The number of hydrogen-bond acceptors (Lipinski definition) is 4. The Kier molecular flexibility index (Phi) is 5.87. The second kappa shape index (κ2) is 7.88. The van der Waals surface area contributed by atoms with Gasteiger partial charge in [-0.1, -0.05) is 6.07 Å². The van der Waals surface area contributed by atoms with Crippen LogP contribution in [0.2, 0.25) is 0 Å². The van der Waals surface area contributed by atoms with Gasteiger partial charge in [-0.15, -0.1) is 11.8 Å². The molecule has 126 valence electrons. The van der Waals surface area contributed by atoms with E-state index in [9.17, 15) is 9.59 Å². The average Bonchev–Trinajstić information content (AvgIpc) is 2.55. The molecule has 0 heterocycles. The Hall–Kier alpha value is -2.47. The van der Waals surface area contributed by atoms with Gasteiger partial charge in [0.25, 0.3) is 5.91 Å². The van der Waals surface area contributed by atoms with Gasteiger partial charge in [0.1, 0.15) is 5.75 Å². The van der Waals surface area contributed by atoms with E-state index in [1.165, 1.54) is 14.0 Å². The van der Waals surface area contributed by atoms with Crippen LogP contribution in [0.25, 0.3) is 0 Å². The fourth-order valence-corrected chi connectivity index (χ4v) is 2.68. The third kappa shape index (κ3) is 4.29. The number of benzene rings is 2. The van der Waals surface area contributed by atoms with E-state index in [-0.39, 0.29) is 11.8 Å². The van der Waals surface area contributed by atoms with Crippen molar-refractivity contribution in [2.24, 2.45) is 0 Å². The highest BCUT2D eigenvalue weighted by Gasteiger charge is 2.12. The summed E-state index contributed by atoms with van der Waals surface area (Å²) < 4.78 is 5.21. The second-order valence-electron chi connectivity index (χ2n) is 5.23. The zero-order chi connectivity index (χ0) is 17.7. The Morgan fingerprint density at radius 1 is 1.08 bits per heavy atom. The summed E-state index contributed by atoms with van der Waals surface area (Å²) in [6.07, 6.45) is 1.97. The van der Waals surface area contributed by atoms with E-state index in [2.05, 4.69) is 10.6 Å². The Bertz CT molecular complexity index is 775. The van der Waals surface area contributed by atoms with Crippen LogP contribution in [0.15, 0.2) is 41.3 Å². The topological polar surface area (TPSA) is 67.4 Å². The molecule has 2 N–H and O–H groups in total. The van der Waals surface area contributed by atoms with E-state index in [1.54, 1.807) is 30.0 Å². The van der Waals surface area contributed by atoms with Crippen LogP contribution in [-0.2, 0) is 4.79 Å². The van der Waals surface area contributed by atoms with Crippen LogP contribution in [0.4, 0.5) is 11.4 Å². The van der Waals surface area contributed by atoms with Gasteiger partial charge in [0.2, 0.25) is 5.91 Å². The molecule has 0 unspecified atom stereocenters. The van der Waals surface area contributed by atoms with Gasteiger partial charge >= 0.3 is 0 Å². The lowest BCUT2D eigenvalue weighted by atomic mass is 10.1. The fourth-order valence-electron chi connectivity index (χ4n) is 2.24. The van der Waals surface area contributed by atoms with E-state index in [0.29, 0.717) is 22.7 Å². The number of hydrogen-bond donors (Lipinski definition) is 2. The molecule has 2 amide bonds. The van der Waals surface area contributed by atoms with Crippen LogP contribution in [0.1, 0.15) is 22.8 Å². The number of nitrogens with one attached hydrogen (secondary N) is 2. The molecule has 6 heteroatoms. The summed E-state index contributed by atoms with van der Waals surface area (Å²) in [5.74, 6) is 0.131. The summed E-state index contributed by atoms with van der Waals surface area (Å²) in [5, 5.41) is 5.55. The maximum atomic E-state index is 12.6. The zero-order valence-corrected chi connectivity index (χ0v) is 14.9. The lowest BCUT2D eigenvalue weighted by Gasteiger charge is -2.13. The van der Waals surface area contributed by atoms with Crippen LogP contribution >= 0.6 is 11.8 Å². The highest BCUT2D eigenvalue weighted by molar-refractivity contribution is 7.98. The first kappa shape index (κ1) is 17.9. The second-order valence-corrected chi connectivity index (χ2v) is 6.11. The lowest BCUT2D eigenvalue weighted by Crippen LogP contribution is -2.14. The first-order valence-electron chi connectivity index (χ1n) is 7.36. The van der Waals surface area contributed by atoms with Gasteiger partial charge in [-0.05, 0) is 49.1 Å². The van der Waals surface area contributed by atoms with E-state index in [0.717, 1.165) is 10.5 Å². The van der Waals surface area contributed by atoms with Crippen LogP contribution in [0.3, 0.4) is 0 Å². The standard InChI is InChI=1S/C18H20N2O3S/c1-11-5-7-14(24-4)10-15(11)18(22)20-13-6-8-17(23-3)16(9-13)19-12(2)21/h5-10H,1-4H3,(H,19,21)(H,20,22). The molecule has 0 aliphatic rings. The molecule has 2 rings (SSSR count). The first-order chi connectivity index (χ1) is 11.4. The van der Waals surface area contributed by atoms with Gasteiger partial charge in [0.05, 0.1) is 12.8 Å². The van der Waals surface area contributed by atoms with Crippen LogP contribution < -0.4 is 15.4 Å². The molecule has 0 spiro atoms. The monoisotopic (exact) mass is 344 g/mol. The molecule has 0 aliphatic heterocycles. The van der Waals surface area contributed by atoms with Gasteiger partial charge in [0.15, 0.2) is 0 Å². The van der Waals surface area contributed by atoms with Crippen LogP contribution in [-0.4, -0.2) is 25.2 Å². The zero-order valence-electron chi connectivity index (χ0n) is 14.1. The summed E-state index contributed by atoms with van der Waals surface area (Å²) in [4.78, 5) is 24.9. The minimum absolute atomic E-state index is 0.192. The minimum Gasteiger partial charge on any atom is -0.495 e. The number of ether oxygens (including phenoxy) is 1. The number of thioether (sulfide) groups is 1. The normalized spacial score (nSPS) is 10.2. The molecule has 0 saturated carbocycles. The molecule has 0 atom stereocenters. The molecule has 2 aromatic rings. The van der Waals surface area contributed by atoms with Crippen molar-refractivity contribution >= 4 is 35.0 Å². The van der Waals surface area contributed by atoms with Gasteiger partial charge in [-0.3, -0.25) is 9.59 Å². The largest absolute Gasteiger partial charge is 0.495 e. The predicted octanol–water partition coefficient (Wildman–Crippen LogP) is 3.94. The Morgan fingerprint density at radius 2 is 1.83 bits per heavy atom. The SMILES string of the molecule is COc1ccc(NC(=O)c2cc(SC)ccc2C)cc1NC(C)=O. The molecule has 0 saturated heterocycles. The maximum absolute atomic E-state index is 12.6. The first-order valence-corrected chi connectivity index (χ1v) is 8.58. The maximum Gasteiger partial charge on any atom is 0.255 e. The fraction of sp³-hybridized carbons (Fsp3) is 0.222. The Balaban J connectivity index is 2.27. The molecular weight excluding hydrogens is 324 g/mol. The molecule has 0 fully saturated rings. The van der Waals surface area contributed by atoms with Crippen LogP contribution in [0.5, 0.6) is 5.75 Å². The molecule has 0 aliphatic carbocycles. The van der Waals surface area contributed by atoms with Crippen molar-refractivity contribution < 1.29 is 14.3 Å². The van der Waals surface area contributed by atoms with Gasteiger partial charge in [-0.25, -0.2) is 0 Å². The van der Waals surface area contributed by atoms with E-state index >= 15 is 0 Å². The number of methoxy groups -OCH3 is 1. The Labute approximate surface area is 145 Å². The highest BCUT2D eigenvalue weighted by Crippen LogP contribution is 2.28. The van der Waals surface area contributed by atoms with Crippen molar-refractivity contribution in [2.75, 3.05) is 24.0 Å². The van der Waals surface area contributed by atoms with Crippen molar-refractivity contribution in [3.8, 4) is 5.75 Å². The molecule has 0 bridgehead atoms. The lowest BCUT2D eigenvalue weighted by molar-refractivity contribution is -0.114. The highest BCUT2D eigenvalue weighted by atomic mass is 32.2. The molecule has 0 radical (unpaired) electrons. The van der Waals surface area contributed by atoms with Crippen molar-refractivity contribution in [3.05, 3.63) is 47.5 Å². The van der Waals surface area contributed by atoms with Crippen molar-refractivity contribution in [3.63, 3.8) is 0 Å². The number of aryl methyl sites for hydroxylation is 1. The smallest absolute Gasteiger partial charge is 0.255 e. The number of carbonyl (C=O) groups excluding carboxylic acids is 2. The number of carbonyl (C=O) groups is 2. The van der Waals surface area contributed by atoms with E-state index in [1.807, 2.05) is 31.4 Å². The van der Waals surface area contributed by atoms with Gasteiger partial charge in [0, 0.05) is 23.1 Å². The molecule has 0 aromatic heterocycles. The van der Waals surface area contributed by atoms with Gasteiger partial charge in [-0.2, -0.15) is 0 Å². The molecule has 2 aromatic carbocycles. The van der Waals surface area contributed by atoms with E-state index < -0.39 is 0 Å². The quantitative estimate of drug-likeness (QED) is 0.806.